The Morgan fingerprint density at radius 1 is 0.667 bits per heavy atom. The van der Waals surface area contributed by atoms with Crippen LogP contribution in [0.3, 0.4) is 0 Å². The van der Waals surface area contributed by atoms with Crippen molar-refractivity contribution >= 4 is 0 Å². The molecule has 0 spiro atoms. The molecule has 30 heavy (non-hydrogen) atoms. The van der Waals surface area contributed by atoms with Crippen LogP contribution in [0.4, 0.5) is 0 Å². The normalized spacial score (nSPS) is 11.5. The molecule has 0 aliphatic carbocycles. The predicted octanol–water partition coefficient (Wildman–Crippen LogP) is 8.16. The molecule has 0 N–H and O–H groups in total. The second-order valence-electron chi connectivity index (χ2n) is 8.93. The maximum atomic E-state index is 5.50. The summed E-state index contributed by atoms with van der Waals surface area (Å²) in [6.07, 6.45) is 11.9. The molecule has 2 heteroatoms. The molecule has 166 valence electrons. The van der Waals surface area contributed by atoms with Crippen LogP contribution in [0.5, 0.6) is 11.5 Å². The number of rotatable bonds is 13. The van der Waals surface area contributed by atoms with Crippen LogP contribution >= 0.6 is 0 Å². The van der Waals surface area contributed by atoms with Gasteiger partial charge in [0.25, 0.3) is 0 Å². The summed E-state index contributed by atoms with van der Waals surface area (Å²) < 4.78 is 11.0. The molecule has 2 rings (SSSR count). The highest BCUT2D eigenvalue weighted by Gasteiger charge is 2.29. The molecule has 0 aliphatic heterocycles. The van der Waals surface area contributed by atoms with E-state index in [1.165, 1.54) is 73.6 Å². The maximum absolute atomic E-state index is 5.50. The number of benzene rings is 2. The third kappa shape index (κ3) is 6.27. The van der Waals surface area contributed by atoms with E-state index in [1.807, 2.05) is 0 Å². The molecule has 0 aromatic heterocycles. The van der Waals surface area contributed by atoms with E-state index in [0.29, 0.717) is 0 Å². The summed E-state index contributed by atoms with van der Waals surface area (Å²) in [5.74, 6) is 1.91. The van der Waals surface area contributed by atoms with Crippen molar-refractivity contribution in [3.63, 3.8) is 0 Å². The van der Waals surface area contributed by atoms with E-state index < -0.39 is 0 Å². The SMILES string of the molecule is CCCCCCCCCCC(C)(c1ccc(OC)c(C)c1)c1ccc(OC)c(C)c1. The standard InChI is InChI=1S/C28H42O2/c1-7-8-9-10-11-12-13-14-19-28(4,24-15-17-26(29-5)22(2)20-24)25-16-18-27(30-6)23(3)21-25/h15-18,20-21H,7-14,19H2,1-6H3. The molecule has 0 unspecified atom stereocenters. The second kappa shape index (κ2) is 12.0. The Morgan fingerprint density at radius 2 is 1.10 bits per heavy atom. The largest absolute Gasteiger partial charge is 0.496 e. The smallest absolute Gasteiger partial charge is 0.121 e. The van der Waals surface area contributed by atoms with Gasteiger partial charge in [-0.05, 0) is 54.7 Å². The molecule has 0 saturated heterocycles. The first-order valence-corrected chi connectivity index (χ1v) is 11.8. The van der Waals surface area contributed by atoms with Crippen molar-refractivity contribution in [2.75, 3.05) is 14.2 Å². The molecule has 0 fully saturated rings. The quantitative estimate of drug-likeness (QED) is 0.310. The highest BCUT2D eigenvalue weighted by Crippen LogP contribution is 2.40. The molecule has 0 atom stereocenters. The van der Waals surface area contributed by atoms with Crippen LogP contribution in [-0.2, 0) is 5.41 Å². The molecule has 2 aromatic rings. The first-order valence-electron chi connectivity index (χ1n) is 11.8. The van der Waals surface area contributed by atoms with E-state index in [4.69, 9.17) is 9.47 Å². The highest BCUT2D eigenvalue weighted by atomic mass is 16.5. The first-order chi connectivity index (χ1) is 14.5. The lowest BCUT2D eigenvalue weighted by atomic mass is 9.72. The van der Waals surface area contributed by atoms with Crippen LogP contribution in [0.15, 0.2) is 36.4 Å². The zero-order valence-electron chi connectivity index (χ0n) is 20.1. The summed E-state index contributed by atoms with van der Waals surface area (Å²) in [6, 6.07) is 13.3. The van der Waals surface area contributed by atoms with Gasteiger partial charge in [-0.1, -0.05) is 89.5 Å². The van der Waals surface area contributed by atoms with Crippen LogP contribution in [0, 0.1) is 13.8 Å². The average molecular weight is 411 g/mol. The molecule has 0 heterocycles. The Kier molecular flexibility index (Phi) is 9.75. The predicted molar refractivity (Wildman–Crippen MR) is 129 cm³/mol. The van der Waals surface area contributed by atoms with Gasteiger partial charge < -0.3 is 9.47 Å². The molecule has 0 bridgehead atoms. The van der Waals surface area contributed by atoms with E-state index in [2.05, 4.69) is 64.1 Å². The summed E-state index contributed by atoms with van der Waals surface area (Å²) in [5.41, 5.74) is 5.11. The number of methoxy groups -OCH3 is 2. The second-order valence-corrected chi connectivity index (χ2v) is 8.93. The van der Waals surface area contributed by atoms with Crippen molar-refractivity contribution in [3.8, 4) is 11.5 Å². The zero-order valence-corrected chi connectivity index (χ0v) is 20.1. The van der Waals surface area contributed by atoms with E-state index >= 15 is 0 Å². The van der Waals surface area contributed by atoms with Gasteiger partial charge in [0.1, 0.15) is 11.5 Å². The van der Waals surface area contributed by atoms with Gasteiger partial charge in [-0.3, -0.25) is 0 Å². The first kappa shape index (κ1) is 24.3. The molecule has 2 aromatic carbocycles. The number of hydrogen-bond acceptors (Lipinski definition) is 2. The summed E-state index contributed by atoms with van der Waals surface area (Å²) in [6.45, 7) is 8.95. The number of aryl methyl sites for hydroxylation is 2. The summed E-state index contributed by atoms with van der Waals surface area (Å²) in [4.78, 5) is 0. The lowest BCUT2D eigenvalue weighted by molar-refractivity contribution is 0.409. The average Bonchev–Trinajstić information content (AvgIpc) is 2.75. The third-order valence-corrected chi connectivity index (χ3v) is 6.59. The topological polar surface area (TPSA) is 18.5 Å². The van der Waals surface area contributed by atoms with E-state index in [0.717, 1.165) is 17.9 Å². The fourth-order valence-electron chi connectivity index (χ4n) is 4.51. The van der Waals surface area contributed by atoms with Crippen molar-refractivity contribution < 1.29 is 9.47 Å². The maximum Gasteiger partial charge on any atom is 0.121 e. The van der Waals surface area contributed by atoms with Gasteiger partial charge in [0, 0.05) is 5.41 Å². The van der Waals surface area contributed by atoms with Crippen molar-refractivity contribution in [3.05, 3.63) is 58.7 Å². The van der Waals surface area contributed by atoms with E-state index in [9.17, 15) is 0 Å². The number of unbranched alkanes of at least 4 members (excludes halogenated alkanes) is 7. The molecular formula is C28H42O2. The molecule has 0 aliphatic rings. The van der Waals surface area contributed by atoms with Crippen molar-refractivity contribution in [1.82, 2.24) is 0 Å². The monoisotopic (exact) mass is 410 g/mol. The summed E-state index contributed by atoms with van der Waals surface area (Å²) in [7, 11) is 3.49. The Labute approximate surface area is 185 Å². The van der Waals surface area contributed by atoms with Crippen LogP contribution in [-0.4, -0.2) is 14.2 Å². The van der Waals surface area contributed by atoms with Gasteiger partial charge in [0.05, 0.1) is 14.2 Å². The van der Waals surface area contributed by atoms with Gasteiger partial charge >= 0.3 is 0 Å². The minimum atomic E-state index is -0.0176. The molecule has 0 amide bonds. The van der Waals surface area contributed by atoms with Gasteiger partial charge in [-0.15, -0.1) is 0 Å². The molecule has 0 saturated carbocycles. The van der Waals surface area contributed by atoms with Crippen LogP contribution in [0.25, 0.3) is 0 Å². The fourth-order valence-corrected chi connectivity index (χ4v) is 4.51. The molecule has 0 radical (unpaired) electrons. The number of ether oxygens (including phenoxy) is 2. The van der Waals surface area contributed by atoms with E-state index in [1.54, 1.807) is 14.2 Å². The van der Waals surface area contributed by atoms with Crippen LogP contribution < -0.4 is 9.47 Å². The van der Waals surface area contributed by atoms with Crippen molar-refractivity contribution in [1.29, 1.82) is 0 Å². The Hall–Kier alpha value is -1.96. The Balaban J connectivity index is 2.18. The van der Waals surface area contributed by atoms with Crippen molar-refractivity contribution in [2.45, 2.75) is 90.9 Å². The Bertz CT molecular complexity index is 725. The van der Waals surface area contributed by atoms with Gasteiger partial charge in [0.15, 0.2) is 0 Å². The number of hydrogen-bond donors (Lipinski definition) is 0. The van der Waals surface area contributed by atoms with Gasteiger partial charge in [-0.25, -0.2) is 0 Å². The van der Waals surface area contributed by atoms with Gasteiger partial charge in [0.2, 0.25) is 0 Å². The van der Waals surface area contributed by atoms with Crippen molar-refractivity contribution in [2.24, 2.45) is 0 Å². The Morgan fingerprint density at radius 3 is 1.50 bits per heavy atom. The summed E-state index contributed by atoms with van der Waals surface area (Å²) in [5, 5.41) is 0. The minimum Gasteiger partial charge on any atom is -0.496 e. The third-order valence-electron chi connectivity index (χ3n) is 6.59. The zero-order chi connectivity index (χ0) is 22.0. The lowest BCUT2D eigenvalue weighted by Crippen LogP contribution is -2.24. The summed E-state index contributed by atoms with van der Waals surface area (Å²) >= 11 is 0. The molecule has 2 nitrogen and oxygen atoms in total. The van der Waals surface area contributed by atoms with Crippen LogP contribution in [0.1, 0.15) is 93.9 Å². The molecular weight excluding hydrogens is 368 g/mol. The highest BCUT2D eigenvalue weighted by molar-refractivity contribution is 5.47. The lowest BCUT2D eigenvalue weighted by Gasteiger charge is -2.32. The minimum absolute atomic E-state index is 0.0176. The van der Waals surface area contributed by atoms with E-state index in [-0.39, 0.29) is 5.41 Å². The fraction of sp³-hybridized carbons (Fsp3) is 0.571. The van der Waals surface area contributed by atoms with Crippen LogP contribution in [0.2, 0.25) is 0 Å². The van der Waals surface area contributed by atoms with Gasteiger partial charge in [-0.2, -0.15) is 0 Å².